The van der Waals surface area contributed by atoms with Crippen LogP contribution in [0.2, 0.25) is 0 Å². The van der Waals surface area contributed by atoms with Crippen LogP contribution < -0.4 is 5.32 Å². The average Bonchev–Trinajstić information content (AvgIpc) is 1.89. The third-order valence-corrected chi connectivity index (χ3v) is 0.686. The van der Waals surface area contributed by atoms with Crippen LogP contribution in [0.4, 0.5) is 0 Å². The van der Waals surface area contributed by atoms with Gasteiger partial charge >= 0.3 is 0 Å². The van der Waals surface area contributed by atoms with Gasteiger partial charge in [-0.25, -0.2) is 0 Å². The second-order valence-electron chi connectivity index (χ2n) is 1.35. The molecular formula is C7H7NO. The van der Waals surface area contributed by atoms with Crippen molar-refractivity contribution in [3.63, 3.8) is 0 Å². The predicted octanol–water partition coefficient (Wildman–Crippen LogP) is -0.241. The Labute approximate surface area is 54.6 Å². The number of carbonyl (C=O) groups excluding carboxylic acids is 1. The molecule has 0 aliphatic rings. The van der Waals surface area contributed by atoms with Gasteiger partial charge in [0.15, 0.2) is 0 Å². The summed E-state index contributed by atoms with van der Waals surface area (Å²) in [6, 6.07) is 0. The van der Waals surface area contributed by atoms with E-state index in [0.29, 0.717) is 13.0 Å². The van der Waals surface area contributed by atoms with E-state index >= 15 is 0 Å². The predicted molar refractivity (Wildman–Crippen MR) is 35.3 cm³/mol. The largest absolute Gasteiger partial charge is 0.344 e. The molecule has 1 N–H and O–H groups in total. The minimum Gasteiger partial charge on any atom is -0.344 e. The fourth-order valence-electron chi connectivity index (χ4n) is 0.299. The average molecular weight is 121 g/mol. The van der Waals surface area contributed by atoms with Crippen molar-refractivity contribution in [2.24, 2.45) is 0 Å². The van der Waals surface area contributed by atoms with Crippen molar-refractivity contribution in [1.82, 2.24) is 5.32 Å². The Morgan fingerprint density at radius 1 is 1.56 bits per heavy atom. The summed E-state index contributed by atoms with van der Waals surface area (Å²) in [5, 5.41) is 2.42. The smallest absolute Gasteiger partial charge is 0.295 e. The third-order valence-electron chi connectivity index (χ3n) is 0.686. The van der Waals surface area contributed by atoms with Gasteiger partial charge in [0.05, 0.1) is 0 Å². The molecule has 46 valence electrons. The molecule has 0 radical (unpaired) electrons. The van der Waals surface area contributed by atoms with Crippen LogP contribution in [-0.4, -0.2) is 12.5 Å². The summed E-state index contributed by atoms with van der Waals surface area (Å²) >= 11 is 0. The van der Waals surface area contributed by atoms with Crippen molar-refractivity contribution in [2.45, 2.75) is 6.42 Å². The van der Waals surface area contributed by atoms with Crippen LogP contribution in [0.5, 0.6) is 0 Å². The molecule has 0 aliphatic carbocycles. The highest BCUT2D eigenvalue weighted by atomic mass is 16.1. The van der Waals surface area contributed by atoms with E-state index in [0.717, 1.165) is 0 Å². The highest BCUT2D eigenvalue weighted by Crippen LogP contribution is 1.68. The fraction of sp³-hybridized carbons (Fsp3) is 0.286. The Balaban J connectivity index is 3.23. The molecular weight excluding hydrogens is 114 g/mol. The first-order chi connectivity index (χ1) is 4.31. The van der Waals surface area contributed by atoms with Crippen molar-refractivity contribution in [3.8, 4) is 24.7 Å². The van der Waals surface area contributed by atoms with Gasteiger partial charge in [-0.15, -0.1) is 18.8 Å². The first-order valence-corrected chi connectivity index (χ1v) is 2.49. The number of amides is 1. The molecule has 0 fully saturated rings. The van der Waals surface area contributed by atoms with E-state index in [1.54, 1.807) is 0 Å². The van der Waals surface area contributed by atoms with E-state index < -0.39 is 5.91 Å². The zero-order chi connectivity index (χ0) is 7.11. The lowest BCUT2D eigenvalue weighted by atomic mass is 10.4. The Morgan fingerprint density at radius 2 is 2.22 bits per heavy atom. The Kier molecular flexibility index (Phi) is 4.00. The Bertz CT molecular complexity index is 170. The maximum absolute atomic E-state index is 10.3. The van der Waals surface area contributed by atoms with Crippen molar-refractivity contribution in [1.29, 1.82) is 0 Å². The molecule has 0 aromatic carbocycles. The van der Waals surface area contributed by atoms with Gasteiger partial charge in [-0.05, 0) is 5.92 Å². The molecule has 0 rings (SSSR count). The van der Waals surface area contributed by atoms with Crippen LogP contribution in [0.1, 0.15) is 6.42 Å². The first-order valence-electron chi connectivity index (χ1n) is 2.49. The molecule has 0 aromatic rings. The summed E-state index contributed by atoms with van der Waals surface area (Å²) in [6.07, 6.45) is 10.2. The fourth-order valence-corrected chi connectivity index (χ4v) is 0.299. The van der Waals surface area contributed by atoms with E-state index in [1.165, 1.54) is 0 Å². The normalized spacial score (nSPS) is 6.89. The van der Waals surface area contributed by atoms with Gasteiger partial charge in [-0.2, -0.15) is 0 Å². The molecule has 0 aliphatic heterocycles. The summed E-state index contributed by atoms with van der Waals surface area (Å²) in [7, 11) is 0. The summed E-state index contributed by atoms with van der Waals surface area (Å²) in [4.78, 5) is 10.3. The van der Waals surface area contributed by atoms with E-state index in [9.17, 15) is 4.79 Å². The lowest BCUT2D eigenvalue weighted by molar-refractivity contribution is -0.115. The van der Waals surface area contributed by atoms with Crippen LogP contribution in [-0.2, 0) is 4.79 Å². The van der Waals surface area contributed by atoms with E-state index in [4.69, 9.17) is 12.8 Å². The molecule has 9 heavy (non-hydrogen) atoms. The van der Waals surface area contributed by atoms with Crippen molar-refractivity contribution in [3.05, 3.63) is 0 Å². The number of nitrogens with one attached hydrogen (secondary N) is 1. The third kappa shape index (κ3) is 4.44. The molecule has 0 atom stereocenters. The molecule has 2 nitrogen and oxygen atoms in total. The highest BCUT2D eigenvalue weighted by Gasteiger charge is 1.88. The van der Waals surface area contributed by atoms with Gasteiger partial charge in [-0.1, -0.05) is 0 Å². The lowest BCUT2D eigenvalue weighted by Gasteiger charge is -1.92. The minimum absolute atomic E-state index is 0.412. The first kappa shape index (κ1) is 7.59. The minimum atomic E-state index is -0.412. The van der Waals surface area contributed by atoms with Crippen LogP contribution >= 0.6 is 0 Å². The van der Waals surface area contributed by atoms with Crippen molar-refractivity contribution < 1.29 is 4.79 Å². The number of terminal acetylenes is 2. The molecule has 0 spiro atoms. The van der Waals surface area contributed by atoms with Gasteiger partial charge in [0.25, 0.3) is 5.91 Å². The number of hydrogen-bond acceptors (Lipinski definition) is 1. The van der Waals surface area contributed by atoms with Gasteiger partial charge < -0.3 is 5.32 Å². The molecule has 0 unspecified atom stereocenters. The number of carbonyl (C=O) groups is 1. The van der Waals surface area contributed by atoms with E-state index in [2.05, 4.69) is 11.2 Å². The van der Waals surface area contributed by atoms with Gasteiger partial charge in [0, 0.05) is 13.0 Å². The molecule has 2 heteroatoms. The summed E-state index contributed by atoms with van der Waals surface area (Å²) in [5.41, 5.74) is 0. The zero-order valence-electron chi connectivity index (χ0n) is 4.98. The standard InChI is InChI=1S/C7H7NO/c1-3-5-6-8-7(9)4-2/h1-2H,5-6H2,(H,8,9). The molecule has 1 amide bonds. The zero-order valence-corrected chi connectivity index (χ0v) is 4.98. The monoisotopic (exact) mass is 121 g/mol. The van der Waals surface area contributed by atoms with Crippen molar-refractivity contribution >= 4 is 5.91 Å². The summed E-state index contributed by atoms with van der Waals surface area (Å²) in [6.45, 7) is 0.458. The van der Waals surface area contributed by atoms with Gasteiger partial charge in [-0.3, -0.25) is 4.79 Å². The van der Waals surface area contributed by atoms with E-state index in [-0.39, 0.29) is 0 Å². The van der Waals surface area contributed by atoms with Crippen LogP contribution in [0, 0.1) is 24.7 Å². The molecule has 0 aromatic heterocycles. The maximum atomic E-state index is 10.3. The summed E-state index contributed by atoms with van der Waals surface area (Å²) in [5.74, 6) is 3.86. The van der Waals surface area contributed by atoms with Gasteiger partial charge in [0.1, 0.15) is 0 Å². The molecule has 0 saturated heterocycles. The second-order valence-corrected chi connectivity index (χ2v) is 1.35. The van der Waals surface area contributed by atoms with Crippen LogP contribution in [0.15, 0.2) is 0 Å². The lowest BCUT2D eigenvalue weighted by Crippen LogP contribution is -2.21. The van der Waals surface area contributed by atoms with Crippen LogP contribution in [0.3, 0.4) is 0 Å². The van der Waals surface area contributed by atoms with Crippen LogP contribution in [0.25, 0.3) is 0 Å². The van der Waals surface area contributed by atoms with E-state index in [1.807, 2.05) is 5.92 Å². The summed E-state index contributed by atoms with van der Waals surface area (Å²) < 4.78 is 0. The maximum Gasteiger partial charge on any atom is 0.295 e. The Hall–Kier alpha value is -1.41. The quantitative estimate of drug-likeness (QED) is 0.396. The number of hydrogen-bond donors (Lipinski definition) is 1. The molecule has 0 saturated carbocycles. The molecule has 0 heterocycles. The Morgan fingerprint density at radius 3 is 2.67 bits per heavy atom. The SMILES string of the molecule is C#CCCNC(=O)C#C. The van der Waals surface area contributed by atoms with Crippen molar-refractivity contribution in [2.75, 3.05) is 6.54 Å². The highest BCUT2D eigenvalue weighted by molar-refractivity contribution is 5.92. The molecule has 0 bridgehead atoms. The van der Waals surface area contributed by atoms with Gasteiger partial charge in [0.2, 0.25) is 0 Å². The topological polar surface area (TPSA) is 29.1 Å². The number of rotatable bonds is 2. The second kappa shape index (κ2) is 4.74.